The number of amides is 1. The molecule has 2 N–H and O–H groups in total. The van der Waals surface area contributed by atoms with Crippen LogP contribution in [0.15, 0.2) is 48.5 Å². The van der Waals surface area contributed by atoms with Crippen molar-refractivity contribution >= 4 is 28.9 Å². The maximum atomic E-state index is 12.7. The van der Waals surface area contributed by atoms with Gasteiger partial charge in [0.05, 0.1) is 10.5 Å². The number of nitrogens with one attached hydrogen (secondary N) is 2. The molecule has 2 aromatic rings. The lowest BCUT2D eigenvalue weighted by molar-refractivity contribution is -0.384. The fourth-order valence-electron chi connectivity index (χ4n) is 2.23. The molecule has 1 amide bonds. The Hall–Kier alpha value is -3.63. The Morgan fingerprint density at radius 2 is 1.83 bits per heavy atom. The van der Waals surface area contributed by atoms with Crippen molar-refractivity contribution in [2.45, 2.75) is 19.2 Å². The standard InChI is InChI=1S/C18H16F3N3O5/c1-11(17(26)23-13-5-3-2-4-6-13)29-16(25)10-22-14-8-7-12(18(19,20)21)9-15(14)24(27)28/h2-9,11,22H,10H2,1H3,(H,23,26)/t11-/m1/s1. The second-order valence-electron chi connectivity index (χ2n) is 5.83. The van der Waals surface area contributed by atoms with E-state index in [1.165, 1.54) is 6.92 Å². The van der Waals surface area contributed by atoms with Crippen molar-refractivity contribution in [3.05, 3.63) is 64.2 Å². The lowest BCUT2D eigenvalue weighted by atomic mass is 10.1. The Bertz CT molecular complexity index is 903. The van der Waals surface area contributed by atoms with E-state index in [-0.39, 0.29) is 5.69 Å². The number of nitro groups is 1. The number of benzene rings is 2. The lowest BCUT2D eigenvalue weighted by Gasteiger charge is -2.14. The van der Waals surface area contributed by atoms with Gasteiger partial charge in [-0.3, -0.25) is 19.7 Å². The highest BCUT2D eigenvalue weighted by Gasteiger charge is 2.33. The summed E-state index contributed by atoms with van der Waals surface area (Å²) >= 11 is 0. The molecule has 0 aromatic heterocycles. The van der Waals surface area contributed by atoms with E-state index in [4.69, 9.17) is 4.74 Å². The van der Waals surface area contributed by atoms with Gasteiger partial charge >= 0.3 is 12.1 Å². The van der Waals surface area contributed by atoms with Crippen LogP contribution in [0, 0.1) is 10.1 Å². The number of alkyl halides is 3. The number of para-hydroxylation sites is 1. The van der Waals surface area contributed by atoms with Crippen LogP contribution in [-0.2, 0) is 20.5 Å². The van der Waals surface area contributed by atoms with Crippen molar-refractivity contribution in [3.63, 3.8) is 0 Å². The van der Waals surface area contributed by atoms with Crippen LogP contribution < -0.4 is 10.6 Å². The average Bonchev–Trinajstić information content (AvgIpc) is 2.66. The molecular formula is C18H16F3N3O5. The average molecular weight is 411 g/mol. The van der Waals surface area contributed by atoms with E-state index in [1.807, 2.05) is 0 Å². The summed E-state index contributed by atoms with van der Waals surface area (Å²) in [6.45, 7) is 0.742. The number of nitrogens with zero attached hydrogens (tertiary/aromatic N) is 1. The highest BCUT2D eigenvalue weighted by Crippen LogP contribution is 2.34. The molecule has 2 aromatic carbocycles. The normalized spacial score (nSPS) is 12.0. The van der Waals surface area contributed by atoms with Gasteiger partial charge in [-0.2, -0.15) is 13.2 Å². The van der Waals surface area contributed by atoms with E-state index >= 15 is 0 Å². The largest absolute Gasteiger partial charge is 0.451 e. The van der Waals surface area contributed by atoms with Gasteiger partial charge in [0.25, 0.3) is 11.6 Å². The Kier molecular flexibility index (Phi) is 6.75. The summed E-state index contributed by atoms with van der Waals surface area (Å²) in [7, 11) is 0. The van der Waals surface area contributed by atoms with Crippen LogP contribution in [0.5, 0.6) is 0 Å². The number of hydrogen-bond acceptors (Lipinski definition) is 6. The molecule has 0 aliphatic heterocycles. The van der Waals surface area contributed by atoms with E-state index in [1.54, 1.807) is 30.3 Å². The van der Waals surface area contributed by atoms with Crippen molar-refractivity contribution in [2.75, 3.05) is 17.2 Å². The van der Waals surface area contributed by atoms with E-state index in [9.17, 15) is 32.9 Å². The van der Waals surface area contributed by atoms with E-state index < -0.39 is 46.9 Å². The summed E-state index contributed by atoms with van der Waals surface area (Å²) in [6, 6.07) is 10.3. The fourth-order valence-corrected chi connectivity index (χ4v) is 2.23. The monoisotopic (exact) mass is 411 g/mol. The van der Waals surface area contributed by atoms with Crippen LogP contribution in [0.1, 0.15) is 12.5 Å². The SMILES string of the molecule is C[C@@H](OC(=O)CNc1ccc(C(F)(F)F)cc1[N+](=O)[O-])C(=O)Nc1ccccc1. The zero-order valence-electron chi connectivity index (χ0n) is 15.0. The van der Waals surface area contributed by atoms with E-state index in [2.05, 4.69) is 10.6 Å². The summed E-state index contributed by atoms with van der Waals surface area (Å²) in [6.07, 6.45) is -5.91. The molecule has 0 spiro atoms. The quantitative estimate of drug-likeness (QED) is 0.409. The van der Waals surface area contributed by atoms with Gasteiger partial charge in [-0.05, 0) is 31.2 Å². The number of carbonyl (C=O) groups is 2. The predicted molar refractivity (Wildman–Crippen MR) is 97.2 cm³/mol. The molecule has 0 bridgehead atoms. The van der Waals surface area contributed by atoms with E-state index in [0.717, 1.165) is 6.07 Å². The fraction of sp³-hybridized carbons (Fsp3) is 0.222. The van der Waals surface area contributed by atoms with Gasteiger partial charge < -0.3 is 15.4 Å². The van der Waals surface area contributed by atoms with Gasteiger partial charge in [-0.1, -0.05) is 18.2 Å². The third-order valence-corrected chi connectivity index (χ3v) is 3.66. The first-order valence-electron chi connectivity index (χ1n) is 8.23. The Morgan fingerprint density at radius 3 is 2.41 bits per heavy atom. The van der Waals surface area contributed by atoms with Crippen molar-refractivity contribution < 1.29 is 32.4 Å². The molecule has 0 saturated heterocycles. The minimum Gasteiger partial charge on any atom is -0.451 e. The number of anilines is 2. The molecule has 0 unspecified atom stereocenters. The van der Waals surface area contributed by atoms with Gasteiger partial charge in [-0.25, -0.2) is 0 Å². The number of carbonyl (C=O) groups excluding carboxylic acids is 2. The first-order valence-corrected chi connectivity index (χ1v) is 8.23. The van der Waals surface area contributed by atoms with Gasteiger partial charge in [-0.15, -0.1) is 0 Å². The maximum absolute atomic E-state index is 12.7. The maximum Gasteiger partial charge on any atom is 0.416 e. The zero-order chi connectivity index (χ0) is 21.6. The van der Waals surface area contributed by atoms with Crippen molar-refractivity contribution in [1.82, 2.24) is 0 Å². The van der Waals surface area contributed by atoms with Gasteiger partial charge in [0.2, 0.25) is 0 Å². The molecule has 0 aliphatic carbocycles. The first kappa shape index (κ1) is 21.7. The third kappa shape index (κ3) is 6.19. The molecule has 0 heterocycles. The molecule has 0 saturated carbocycles. The van der Waals surface area contributed by atoms with Gasteiger partial charge in [0.1, 0.15) is 12.2 Å². The summed E-state index contributed by atoms with van der Waals surface area (Å²) in [5.74, 6) is -1.51. The summed E-state index contributed by atoms with van der Waals surface area (Å²) in [5, 5.41) is 15.9. The van der Waals surface area contributed by atoms with Crippen LogP contribution in [0.25, 0.3) is 0 Å². The number of rotatable bonds is 7. The zero-order valence-corrected chi connectivity index (χ0v) is 15.0. The van der Waals surface area contributed by atoms with Crippen molar-refractivity contribution in [1.29, 1.82) is 0 Å². The van der Waals surface area contributed by atoms with Crippen LogP contribution in [0.4, 0.5) is 30.2 Å². The second kappa shape index (κ2) is 9.04. The predicted octanol–water partition coefficient (Wildman–Crippen LogP) is 3.60. The minimum absolute atomic E-state index is 0.290. The molecular weight excluding hydrogens is 395 g/mol. The number of halogens is 3. The van der Waals surface area contributed by atoms with Crippen LogP contribution in [0.3, 0.4) is 0 Å². The highest BCUT2D eigenvalue weighted by atomic mass is 19.4. The molecule has 0 fully saturated rings. The molecule has 29 heavy (non-hydrogen) atoms. The number of ether oxygens (including phenoxy) is 1. The number of hydrogen-bond donors (Lipinski definition) is 2. The molecule has 154 valence electrons. The van der Waals surface area contributed by atoms with E-state index in [0.29, 0.717) is 17.8 Å². The summed E-state index contributed by atoms with van der Waals surface area (Å²) < 4.78 is 43.0. The number of esters is 1. The smallest absolute Gasteiger partial charge is 0.416 e. The molecule has 0 aliphatic rings. The molecule has 0 radical (unpaired) electrons. The van der Waals surface area contributed by atoms with Crippen LogP contribution in [-0.4, -0.2) is 29.4 Å². The minimum atomic E-state index is -4.75. The Labute approximate surface area is 162 Å². The lowest BCUT2D eigenvalue weighted by Crippen LogP contribution is -2.32. The van der Waals surface area contributed by atoms with Crippen molar-refractivity contribution in [2.24, 2.45) is 0 Å². The summed E-state index contributed by atoms with van der Waals surface area (Å²) in [5.41, 5.74) is -1.83. The molecule has 8 nitrogen and oxygen atoms in total. The second-order valence-corrected chi connectivity index (χ2v) is 5.83. The Morgan fingerprint density at radius 1 is 1.17 bits per heavy atom. The summed E-state index contributed by atoms with van der Waals surface area (Å²) in [4.78, 5) is 33.9. The van der Waals surface area contributed by atoms with Crippen molar-refractivity contribution in [3.8, 4) is 0 Å². The molecule has 2 rings (SSSR count). The third-order valence-electron chi connectivity index (χ3n) is 3.66. The molecule has 11 heteroatoms. The van der Waals surface area contributed by atoms with Crippen LogP contribution in [0.2, 0.25) is 0 Å². The first-order chi connectivity index (χ1) is 13.6. The topological polar surface area (TPSA) is 111 Å². The highest BCUT2D eigenvalue weighted by molar-refractivity contribution is 5.95. The Balaban J connectivity index is 1.96. The molecule has 1 atom stereocenters. The number of nitro benzene ring substituents is 1. The van der Waals surface area contributed by atoms with Gasteiger partial charge in [0.15, 0.2) is 6.10 Å². The van der Waals surface area contributed by atoms with Gasteiger partial charge in [0, 0.05) is 11.8 Å². The van der Waals surface area contributed by atoms with Crippen LogP contribution >= 0.6 is 0 Å².